The molecule has 0 aliphatic heterocycles. The molecule has 0 radical (unpaired) electrons. The first-order valence-electron chi connectivity index (χ1n) is 5.57. The summed E-state index contributed by atoms with van der Waals surface area (Å²) < 4.78 is 5.45. The van der Waals surface area contributed by atoms with Crippen molar-refractivity contribution in [2.24, 2.45) is 0 Å². The second-order valence-electron chi connectivity index (χ2n) is 3.95. The highest BCUT2D eigenvalue weighted by Crippen LogP contribution is 2.36. The third-order valence-corrected chi connectivity index (χ3v) is 3.83. The number of benzene rings is 2. The van der Waals surface area contributed by atoms with Gasteiger partial charge in [0.05, 0.1) is 20.1 Å². The molecule has 0 saturated heterocycles. The van der Waals surface area contributed by atoms with Gasteiger partial charge in [-0.25, -0.2) is 0 Å². The second-order valence-corrected chi connectivity index (χ2v) is 6.02. The molecule has 8 heteroatoms. The predicted octanol–water partition coefficient (Wildman–Crippen LogP) is 6.11. The number of aromatic hydroxyl groups is 1. The first kappa shape index (κ1) is 16.7. The molecule has 3 nitrogen and oxygen atoms in total. The minimum Gasteiger partial charge on any atom is -0.505 e. The van der Waals surface area contributed by atoms with E-state index in [2.05, 4.69) is 5.32 Å². The third-order valence-electron chi connectivity index (χ3n) is 2.47. The molecule has 0 unspecified atom stereocenters. The Morgan fingerprint density at radius 1 is 0.857 bits per heavy atom. The summed E-state index contributed by atoms with van der Waals surface area (Å²) in [7, 11) is 0. The van der Waals surface area contributed by atoms with E-state index < -0.39 is 0 Å². The molecule has 0 atom stereocenters. The molecule has 0 spiro atoms. The molecule has 21 heavy (non-hydrogen) atoms. The maximum atomic E-state index is 9.46. The summed E-state index contributed by atoms with van der Waals surface area (Å²) in [5.74, 6) is 0.139. The van der Waals surface area contributed by atoms with E-state index in [0.717, 1.165) is 0 Å². The van der Waals surface area contributed by atoms with Crippen LogP contribution in [0.15, 0.2) is 24.3 Å². The number of hydrogen-bond donors (Lipinski definition) is 2. The first-order chi connectivity index (χ1) is 9.88. The summed E-state index contributed by atoms with van der Waals surface area (Å²) in [4.78, 5) is 0. The second kappa shape index (κ2) is 7.03. The number of halogens is 5. The average molecular weight is 387 g/mol. The van der Waals surface area contributed by atoms with Crippen LogP contribution in [0, 0.1) is 0 Å². The fourth-order valence-electron chi connectivity index (χ4n) is 1.53. The van der Waals surface area contributed by atoms with E-state index in [-0.39, 0.29) is 22.5 Å². The Morgan fingerprint density at radius 2 is 1.38 bits per heavy atom. The number of ether oxygens (including phenoxy) is 1. The minimum atomic E-state index is -0.173. The molecule has 112 valence electrons. The average Bonchev–Trinajstić information content (AvgIpc) is 2.38. The topological polar surface area (TPSA) is 41.5 Å². The highest BCUT2D eigenvalue weighted by molar-refractivity contribution is 6.40. The molecule has 0 bridgehead atoms. The van der Waals surface area contributed by atoms with Crippen molar-refractivity contribution in [1.29, 1.82) is 0 Å². The Hall–Kier alpha value is -0.710. The van der Waals surface area contributed by atoms with Crippen molar-refractivity contribution in [3.8, 4) is 11.5 Å². The maximum Gasteiger partial charge on any atom is 0.159 e. The van der Waals surface area contributed by atoms with Crippen LogP contribution in [0.3, 0.4) is 0 Å². The van der Waals surface area contributed by atoms with Gasteiger partial charge in [-0.1, -0.05) is 58.0 Å². The zero-order valence-corrected chi connectivity index (χ0v) is 14.0. The van der Waals surface area contributed by atoms with E-state index in [9.17, 15) is 5.11 Å². The van der Waals surface area contributed by atoms with Gasteiger partial charge >= 0.3 is 0 Å². The molecule has 0 heterocycles. The summed E-state index contributed by atoms with van der Waals surface area (Å²) in [6.07, 6.45) is 0. The van der Waals surface area contributed by atoms with Crippen LogP contribution in [-0.2, 0) is 0 Å². The van der Waals surface area contributed by atoms with Crippen LogP contribution in [-0.4, -0.2) is 11.8 Å². The van der Waals surface area contributed by atoms with Crippen LogP contribution in [0.1, 0.15) is 0 Å². The Balaban J connectivity index is 2.05. The van der Waals surface area contributed by atoms with Crippen molar-refractivity contribution in [1.82, 2.24) is 0 Å². The lowest BCUT2D eigenvalue weighted by Crippen LogP contribution is -2.09. The van der Waals surface area contributed by atoms with Crippen molar-refractivity contribution < 1.29 is 9.84 Å². The lowest BCUT2D eigenvalue weighted by atomic mass is 10.3. The number of hydrogen-bond acceptors (Lipinski definition) is 3. The van der Waals surface area contributed by atoms with Crippen molar-refractivity contribution in [2.75, 3.05) is 12.0 Å². The van der Waals surface area contributed by atoms with Crippen LogP contribution >= 0.6 is 58.0 Å². The molecule has 2 rings (SSSR count). The quantitative estimate of drug-likeness (QED) is 0.491. The van der Waals surface area contributed by atoms with Crippen LogP contribution < -0.4 is 10.1 Å². The fraction of sp³-hybridized carbons (Fsp3) is 0.0769. The number of rotatable bonds is 4. The molecule has 2 aromatic carbocycles. The van der Waals surface area contributed by atoms with Gasteiger partial charge in [0, 0.05) is 10.7 Å². The van der Waals surface area contributed by atoms with Gasteiger partial charge in [-0.15, -0.1) is 0 Å². The minimum absolute atomic E-state index is 0.0680. The lowest BCUT2D eigenvalue weighted by molar-refractivity contribution is 0.347. The van der Waals surface area contributed by atoms with Crippen LogP contribution in [0.4, 0.5) is 5.69 Å². The van der Waals surface area contributed by atoms with Gasteiger partial charge in [-0.2, -0.15) is 0 Å². The first-order valence-corrected chi connectivity index (χ1v) is 7.46. The van der Waals surface area contributed by atoms with Gasteiger partial charge in [-0.3, -0.25) is 0 Å². The molecular formula is C13H8Cl5NO2. The highest BCUT2D eigenvalue weighted by atomic mass is 35.5. The molecule has 0 fully saturated rings. The fourth-order valence-corrected chi connectivity index (χ4v) is 2.94. The number of phenols is 1. The summed E-state index contributed by atoms with van der Waals surface area (Å²) in [5, 5.41) is 13.7. The highest BCUT2D eigenvalue weighted by Gasteiger charge is 2.10. The zero-order valence-electron chi connectivity index (χ0n) is 10.3. The van der Waals surface area contributed by atoms with Gasteiger partial charge in [0.2, 0.25) is 0 Å². The van der Waals surface area contributed by atoms with Gasteiger partial charge in [-0.05, 0) is 24.3 Å². The van der Waals surface area contributed by atoms with Crippen LogP contribution in [0.25, 0.3) is 0 Å². The van der Waals surface area contributed by atoms with E-state index in [0.29, 0.717) is 26.5 Å². The van der Waals surface area contributed by atoms with Crippen molar-refractivity contribution in [3.63, 3.8) is 0 Å². The van der Waals surface area contributed by atoms with Gasteiger partial charge in [0.1, 0.15) is 0 Å². The van der Waals surface area contributed by atoms with E-state index >= 15 is 0 Å². The van der Waals surface area contributed by atoms with Crippen molar-refractivity contribution in [2.45, 2.75) is 0 Å². The van der Waals surface area contributed by atoms with Crippen molar-refractivity contribution in [3.05, 3.63) is 49.4 Å². The Bertz CT molecular complexity index is 632. The molecule has 2 aromatic rings. The molecule has 0 saturated carbocycles. The Labute approximate surface area is 146 Å². The monoisotopic (exact) mass is 385 g/mol. The third kappa shape index (κ3) is 4.15. The van der Waals surface area contributed by atoms with E-state index in [1.54, 1.807) is 0 Å². The molecule has 0 amide bonds. The van der Waals surface area contributed by atoms with Gasteiger partial charge in [0.15, 0.2) is 18.2 Å². The van der Waals surface area contributed by atoms with Gasteiger partial charge < -0.3 is 15.2 Å². The standard InChI is InChI=1S/C13H8Cl5NO2/c14-6-1-10(17)13(11(18)2-6)21-5-19-7-3-8(15)12(20)9(16)4-7/h1-4,19-20H,5H2. The lowest BCUT2D eigenvalue weighted by Gasteiger charge is -2.13. The summed E-state index contributed by atoms with van der Waals surface area (Å²) >= 11 is 29.4. The molecule has 0 aliphatic rings. The SMILES string of the molecule is Oc1c(Cl)cc(NCOc2c(Cl)cc(Cl)cc2Cl)cc1Cl. The van der Waals surface area contributed by atoms with Crippen LogP contribution in [0.5, 0.6) is 11.5 Å². The predicted molar refractivity (Wildman–Crippen MR) is 88.7 cm³/mol. The van der Waals surface area contributed by atoms with Crippen molar-refractivity contribution >= 4 is 63.7 Å². The number of nitrogens with one attached hydrogen (secondary N) is 1. The Morgan fingerprint density at radius 3 is 1.90 bits per heavy atom. The van der Waals surface area contributed by atoms with Crippen LogP contribution in [0.2, 0.25) is 25.1 Å². The Kier molecular flexibility index (Phi) is 5.58. The molecule has 2 N–H and O–H groups in total. The molecular weight excluding hydrogens is 379 g/mol. The van der Waals surface area contributed by atoms with Gasteiger partial charge in [0.25, 0.3) is 0 Å². The smallest absolute Gasteiger partial charge is 0.159 e. The largest absolute Gasteiger partial charge is 0.505 e. The summed E-state index contributed by atoms with van der Waals surface area (Å²) in [6, 6.07) is 6.08. The normalized spacial score (nSPS) is 10.5. The van der Waals surface area contributed by atoms with E-state index in [4.69, 9.17) is 62.7 Å². The molecule has 0 aliphatic carbocycles. The maximum absolute atomic E-state index is 9.46. The molecule has 0 aromatic heterocycles. The number of phenolic OH excluding ortho intramolecular Hbond substituents is 1. The number of anilines is 1. The van der Waals surface area contributed by atoms with E-state index in [1.165, 1.54) is 24.3 Å². The zero-order chi connectivity index (χ0) is 15.6. The summed E-state index contributed by atoms with van der Waals surface area (Å²) in [5.41, 5.74) is 0.573. The van der Waals surface area contributed by atoms with E-state index in [1.807, 2.05) is 0 Å². The summed E-state index contributed by atoms with van der Waals surface area (Å²) in [6.45, 7) is 0.0680.